The number of rotatable bonds is 4. The van der Waals surface area contributed by atoms with Crippen LogP contribution in [0.3, 0.4) is 0 Å². The van der Waals surface area contributed by atoms with Crippen LogP contribution in [0.4, 0.5) is 0 Å². The zero-order valence-electron chi connectivity index (χ0n) is 8.71. The number of benzene rings is 1. The van der Waals surface area contributed by atoms with E-state index >= 15 is 0 Å². The number of aliphatic hydroxyl groups excluding tert-OH is 2. The molecule has 0 aliphatic carbocycles. The zero-order valence-corrected chi connectivity index (χ0v) is 8.71. The van der Waals surface area contributed by atoms with Gasteiger partial charge in [0, 0.05) is 0 Å². The molecule has 0 saturated carbocycles. The minimum atomic E-state index is -0.587. The molecule has 1 aromatic carbocycles. The van der Waals surface area contributed by atoms with Gasteiger partial charge in [-0.3, -0.25) is 0 Å². The lowest BCUT2D eigenvalue weighted by Crippen LogP contribution is -2.07. The van der Waals surface area contributed by atoms with E-state index in [0.717, 1.165) is 0 Å². The van der Waals surface area contributed by atoms with E-state index in [0.29, 0.717) is 17.6 Å². The highest BCUT2D eigenvalue weighted by Crippen LogP contribution is 2.12. The Morgan fingerprint density at radius 3 is 2.50 bits per heavy atom. The van der Waals surface area contributed by atoms with Crippen molar-refractivity contribution >= 4 is 5.97 Å². The highest BCUT2D eigenvalue weighted by molar-refractivity contribution is 5.89. The molecule has 1 aromatic rings. The molecule has 0 aliphatic heterocycles. The molecule has 0 aliphatic rings. The second-order valence-electron chi connectivity index (χ2n) is 2.93. The number of esters is 1. The van der Waals surface area contributed by atoms with E-state index in [1.807, 2.05) is 0 Å². The summed E-state index contributed by atoms with van der Waals surface area (Å²) < 4.78 is 9.63. The first-order chi connectivity index (χ1) is 7.67. The van der Waals surface area contributed by atoms with Crippen molar-refractivity contribution in [3.8, 4) is 5.75 Å². The summed E-state index contributed by atoms with van der Waals surface area (Å²) in [4.78, 5) is 11.4. The van der Waals surface area contributed by atoms with Crippen LogP contribution in [-0.2, 0) is 4.74 Å². The Hall–Kier alpha value is -2.17. The molecule has 16 heavy (non-hydrogen) atoms. The van der Waals surface area contributed by atoms with Crippen molar-refractivity contribution < 1.29 is 24.5 Å². The van der Waals surface area contributed by atoms with Crippen molar-refractivity contribution in [3.05, 3.63) is 41.9 Å². The fourth-order valence-corrected chi connectivity index (χ4v) is 0.987. The largest absolute Gasteiger partial charge is 0.512 e. The third-order valence-electron chi connectivity index (χ3n) is 1.83. The number of aliphatic hydroxyl groups is 2. The molecule has 0 aromatic heterocycles. The third-order valence-corrected chi connectivity index (χ3v) is 1.83. The van der Waals surface area contributed by atoms with Crippen molar-refractivity contribution in [2.24, 2.45) is 0 Å². The molecule has 0 saturated heterocycles. The van der Waals surface area contributed by atoms with Crippen molar-refractivity contribution in [1.82, 2.24) is 0 Å². The quantitative estimate of drug-likeness (QED) is 0.602. The second-order valence-corrected chi connectivity index (χ2v) is 2.93. The number of carbonyl (C=O) groups is 1. The normalized spacial score (nSPS) is 10.9. The molecule has 0 fully saturated rings. The summed E-state index contributed by atoms with van der Waals surface area (Å²) in [5.74, 6) is -0.368. The summed E-state index contributed by atoms with van der Waals surface area (Å²) in [7, 11) is 1.53. The van der Waals surface area contributed by atoms with Crippen LogP contribution in [0.15, 0.2) is 36.3 Å². The molecule has 0 amide bonds. The zero-order chi connectivity index (χ0) is 12.0. The van der Waals surface area contributed by atoms with E-state index in [-0.39, 0.29) is 6.61 Å². The van der Waals surface area contributed by atoms with Crippen molar-refractivity contribution in [2.45, 2.75) is 0 Å². The first-order valence-corrected chi connectivity index (χ1v) is 4.50. The maximum absolute atomic E-state index is 11.4. The molecule has 0 spiro atoms. The average Bonchev–Trinajstić information content (AvgIpc) is 2.35. The molecule has 5 nitrogen and oxygen atoms in total. The standard InChI is InChI=1S/C11H12O5/c1-15-10-4-2-8(3-5-10)11(14)16-7-9(13)6-12/h2-6,12-13H,7H2,1H3/b9-6-. The lowest BCUT2D eigenvalue weighted by molar-refractivity contribution is 0.0496. The molecule has 5 heteroatoms. The van der Waals surface area contributed by atoms with Gasteiger partial charge < -0.3 is 19.7 Å². The van der Waals surface area contributed by atoms with Gasteiger partial charge in [0.2, 0.25) is 0 Å². The van der Waals surface area contributed by atoms with E-state index in [1.54, 1.807) is 24.3 Å². The van der Waals surface area contributed by atoms with Crippen LogP contribution in [0.5, 0.6) is 5.75 Å². The summed E-state index contributed by atoms with van der Waals surface area (Å²) in [5, 5.41) is 17.2. The van der Waals surface area contributed by atoms with Gasteiger partial charge in [0.05, 0.1) is 12.7 Å². The van der Waals surface area contributed by atoms with Crippen LogP contribution in [0, 0.1) is 0 Å². The summed E-state index contributed by atoms with van der Waals surface area (Å²) >= 11 is 0. The van der Waals surface area contributed by atoms with Gasteiger partial charge in [0.1, 0.15) is 12.0 Å². The fourth-order valence-electron chi connectivity index (χ4n) is 0.987. The number of hydrogen-bond donors (Lipinski definition) is 2. The van der Waals surface area contributed by atoms with Gasteiger partial charge in [-0.1, -0.05) is 0 Å². The molecule has 0 bridgehead atoms. The van der Waals surface area contributed by atoms with Gasteiger partial charge in [-0.25, -0.2) is 4.79 Å². The lowest BCUT2D eigenvalue weighted by atomic mass is 10.2. The van der Waals surface area contributed by atoms with Gasteiger partial charge in [-0.15, -0.1) is 0 Å². The van der Waals surface area contributed by atoms with Crippen LogP contribution >= 0.6 is 0 Å². The molecular formula is C11H12O5. The van der Waals surface area contributed by atoms with Crippen LogP contribution in [0.25, 0.3) is 0 Å². The van der Waals surface area contributed by atoms with Gasteiger partial charge in [-0.05, 0) is 24.3 Å². The molecule has 2 N–H and O–H groups in total. The van der Waals surface area contributed by atoms with E-state index < -0.39 is 11.7 Å². The molecule has 0 radical (unpaired) electrons. The average molecular weight is 224 g/mol. The van der Waals surface area contributed by atoms with Gasteiger partial charge >= 0.3 is 5.97 Å². The first-order valence-electron chi connectivity index (χ1n) is 4.50. The molecule has 1 rings (SSSR count). The van der Waals surface area contributed by atoms with Gasteiger partial charge in [0.25, 0.3) is 0 Å². The fraction of sp³-hybridized carbons (Fsp3) is 0.182. The Kier molecular flexibility index (Phi) is 4.20. The highest BCUT2D eigenvalue weighted by atomic mass is 16.5. The molecule has 86 valence electrons. The minimum Gasteiger partial charge on any atom is -0.512 e. The maximum Gasteiger partial charge on any atom is 0.338 e. The highest BCUT2D eigenvalue weighted by Gasteiger charge is 2.07. The van der Waals surface area contributed by atoms with E-state index in [4.69, 9.17) is 19.7 Å². The molecular weight excluding hydrogens is 212 g/mol. The lowest BCUT2D eigenvalue weighted by Gasteiger charge is -2.04. The van der Waals surface area contributed by atoms with Crippen LogP contribution in [0.1, 0.15) is 10.4 Å². The summed E-state index contributed by atoms with van der Waals surface area (Å²) in [5.41, 5.74) is 0.339. The van der Waals surface area contributed by atoms with Crippen molar-refractivity contribution in [2.75, 3.05) is 13.7 Å². The monoisotopic (exact) mass is 224 g/mol. The molecule has 0 heterocycles. The van der Waals surface area contributed by atoms with E-state index in [9.17, 15) is 4.79 Å². The number of carbonyl (C=O) groups excluding carboxylic acids is 1. The number of methoxy groups -OCH3 is 1. The van der Waals surface area contributed by atoms with E-state index in [2.05, 4.69) is 0 Å². The molecule has 0 unspecified atom stereocenters. The summed E-state index contributed by atoms with van der Waals surface area (Å²) in [6.45, 7) is -0.360. The number of ether oxygens (including phenoxy) is 2. The SMILES string of the molecule is COc1ccc(C(=O)OC/C(O)=C/O)cc1. The Balaban J connectivity index is 2.59. The molecule has 0 atom stereocenters. The Morgan fingerprint density at radius 1 is 1.38 bits per heavy atom. The number of hydrogen-bond acceptors (Lipinski definition) is 5. The topological polar surface area (TPSA) is 76.0 Å². The Bertz CT molecular complexity index is 380. The van der Waals surface area contributed by atoms with Crippen LogP contribution in [-0.4, -0.2) is 29.9 Å². The van der Waals surface area contributed by atoms with E-state index in [1.165, 1.54) is 7.11 Å². The Labute approximate surface area is 92.5 Å². The smallest absolute Gasteiger partial charge is 0.338 e. The van der Waals surface area contributed by atoms with Crippen molar-refractivity contribution in [1.29, 1.82) is 0 Å². The Morgan fingerprint density at radius 2 is 2.00 bits per heavy atom. The minimum absolute atomic E-state index is 0.339. The summed E-state index contributed by atoms with van der Waals surface area (Å²) in [6, 6.07) is 6.33. The summed E-state index contributed by atoms with van der Waals surface area (Å²) in [6.07, 6.45) is 0.474. The predicted molar refractivity (Wildman–Crippen MR) is 56.6 cm³/mol. The first kappa shape index (κ1) is 11.9. The van der Waals surface area contributed by atoms with Gasteiger partial charge in [0.15, 0.2) is 12.4 Å². The third kappa shape index (κ3) is 3.20. The van der Waals surface area contributed by atoms with Crippen molar-refractivity contribution in [3.63, 3.8) is 0 Å². The van der Waals surface area contributed by atoms with Gasteiger partial charge in [-0.2, -0.15) is 0 Å². The van der Waals surface area contributed by atoms with Crippen LogP contribution in [0.2, 0.25) is 0 Å². The predicted octanol–water partition coefficient (Wildman–Crippen LogP) is 1.81. The van der Waals surface area contributed by atoms with Crippen LogP contribution < -0.4 is 4.74 Å². The second kappa shape index (κ2) is 5.65. The maximum atomic E-state index is 11.4.